The zero-order valence-corrected chi connectivity index (χ0v) is 18.8. The Bertz CT molecular complexity index is 1410. The van der Waals surface area contributed by atoms with E-state index < -0.39 is 18.5 Å². The SMILES string of the molecule is COc1cccc(CNC(=O)COC(=O)c2cccc3c(=O)c(C)c(-c4ccccc4)oc23)c1. The largest absolute Gasteiger partial charge is 0.497 e. The van der Waals surface area contributed by atoms with Crippen molar-refractivity contribution in [2.45, 2.75) is 13.5 Å². The third-order valence-corrected chi connectivity index (χ3v) is 5.36. The molecular formula is C27H23NO6. The predicted octanol–water partition coefficient (Wildman–Crippen LogP) is 4.25. The molecule has 34 heavy (non-hydrogen) atoms. The topological polar surface area (TPSA) is 94.8 Å². The molecule has 7 nitrogen and oxygen atoms in total. The number of ether oxygens (including phenoxy) is 2. The average molecular weight is 457 g/mol. The molecule has 1 heterocycles. The Morgan fingerprint density at radius 2 is 1.74 bits per heavy atom. The lowest BCUT2D eigenvalue weighted by molar-refractivity contribution is -0.124. The first-order valence-corrected chi connectivity index (χ1v) is 10.7. The highest BCUT2D eigenvalue weighted by Crippen LogP contribution is 2.27. The van der Waals surface area contributed by atoms with Crippen LogP contribution in [0.2, 0.25) is 0 Å². The van der Waals surface area contributed by atoms with Crippen LogP contribution in [0, 0.1) is 6.92 Å². The van der Waals surface area contributed by atoms with Crippen LogP contribution in [0.1, 0.15) is 21.5 Å². The van der Waals surface area contributed by atoms with Crippen LogP contribution in [0.5, 0.6) is 5.75 Å². The molecule has 0 saturated carbocycles. The van der Waals surface area contributed by atoms with Crippen molar-refractivity contribution < 1.29 is 23.5 Å². The highest BCUT2D eigenvalue weighted by atomic mass is 16.5. The molecule has 0 fully saturated rings. The third-order valence-electron chi connectivity index (χ3n) is 5.36. The van der Waals surface area contributed by atoms with Gasteiger partial charge in [0, 0.05) is 17.7 Å². The summed E-state index contributed by atoms with van der Waals surface area (Å²) >= 11 is 0. The molecule has 4 aromatic rings. The molecule has 0 radical (unpaired) electrons. The summed E-state index contributed by atoms with van der Waals surface area (Å²) in [5, 5.41) is 2.97. The van der Waals surface area contributed by atoms with Crippen molar-refractivity contribution in [2.75, 3.05) is 13.7 Å². The van der Waals surface area contributed by atoms with E-state index in [0.717, 1.165) is 11.1 Å². The van der Waals surface area contributed by atoms with Crippen molar-refractivity contribution in [1.82, 2.24) is 5.32 Å². The van der Waals surface area contributed by atoms with Gasteiger partial charge in [-0.05, 0) is 36.8 Å². The Hall–Kier alpha value is -4.39. The van der Waals surface area contributed by atoms with Crippen LogP contribution >= 0.6 is 0 Å². The van der Waals surface area contributed by atoms with Gasteiger partial charge < -0.3 is 19.2 Å². The summed E-state index contributed by atoms with van der Waals surface area (Å²) in [5.74, 6) is -0.151. The molecule has 0 spiro atoms. The number of carbonyl (C=O) groups is 2. The Labute approximate surface area is 195 Å². The molecule has 7 heteroatoms. The van der Waals surface area contributed by atoms with Crippen molar-refractivity contribution in [3.05, 3.63) is 99.7 Å². The van der Waals surface area contributed by atoms with Crippen molar-refractivity contribution in [3.8, 4) is 17.1 Å². The van der Waals surface area contributed by atoms with Gasteiger partial charge in [0.1, 0.15) is 17.1 Å². The number of hydrogen-bond acceptors (Lipinski definition) is 6. The number of esters is 1. The zero-order chi connectivity index (χ0) is 24.1. The Morgan fingerprint density at radius 1 is 0.971 bits per heavy atom. The van der Waals surface area contributed by atoms with Gasteiger partial charge in [0.2, 0.25) is 0 Å². The highest BCUT2D eigenvalue weighted by molar-refractivity contribution is 6.02. The van der Waals surface area contributed by atoms with Crippen molar-refractivity contribution in [2.24, 2.45) is 0 Å². The van der Waals surface area contributed by atoms with Crippen LogP contribution < -0.4 is 15.5 Å². The van der Waals surface area contributed by atoms with E-state index in [0.29, 0.717) is 17.1 Å². The van der Waals surface area contributed by atoms with Gasteiger partial charge in [-0.15, -0.1) is 0 Å². The van der Waals surface area contributed by atoms with Crippen molar-refractivity contribution >= 4 is 22.8 Å². The molecule has 4 rings (SSSR count). The smallest absolute Gasteiger partial charge is 0.342 e. The second-order valence-electron chi connectivity index (χ2n) is 7.64. The number of carbonyl (C=O) groups excluding carboxylic acids is 2. The van der Waals surface area contributed by atoms with E-state index in [9.17, 15) is 14.4 Å². The normalized spacial score (nSPS) is 10.6. The Kier molecular flexibility index (Phi) is 6.73. The Morgan fingerprint density at radius 3 is 2.50 bits per heavy atom. The second kappa shape index (κ2) is 10.0. The Balaban J connectivity index is 1.51. The lowest BCUT2D eigenvalue weighted by atomic mass is 10.0. The fraction of sp³-hybridized carbons (Fsp3) is 0.148. The molecule has 0 aliphatic carbocycles. The molecule has 0 bridgehead atoms. The van der Waals surface area contributed by atoms with Gasteiger partial charge >= 0.3 is 5.97 Å². The van der Waals surface area contributed by atoms with Crippen LogP contribution in [0.4, 0.5) is 0 Å². The number of rotatable bonds is 7. The second-order valence-corrected chi connectivity index (χ2v) is 7.64. The first kappa shape index (κ1) is 22.8. The van der Waals surface area contributed by atoms with E-state index in [1.807, 2.05) is 42.5 Å². The summed E-state index contributed by atoms with van der Waals surface area (Å²) in [6, 6.07) is 21.1. The summed E-state index contributed by atoms with van der Waals surface area (Å²) in [7, 11) is 1.57. The van der Waals surface area contributed by atoms with E-state index >= 15 is 0 Å². The molecule has 0 saturated heterocycles. The summed E-state index contributed by atoms with van der Waals surface area (Å²) < 4.78 is 16.4. The quantitative estimate of drug-likeness (QED) is 0.417. The molecule has 172 valence electrons. The fourth-order valence-corrected chi connectivity index (χ4v) is 3.58. The molecule has 3 aromatic carbocycles. The molecule has 1 amide bonds. The molecule has 0 aliphatic rings. The van der Waals surface area contributed by atoms with E-state index in [-0.39, 0.29) is 28.5 Å². The van der Waals surface area contributed by atoms with E-state index in [1.165, 1.54) is 6.07 Å². The first-order valence-electron chi connectivity index (χ1n) is 10.7. The van der Waals surface area contributed by atoms with Gasteiger partial charge in [-0.25, -0.2) is 4.79 Å². The van der Waals surface area contributed by atoms with Gasteiger partial charge in [-0.1, -0.05) is 48.5 Å². The van der Waals surface area contributed by atoms with Crippen molar-refractivity contribution in [1.29, 1.82) is 0 Å². The van der Waals surface area contributed by atoms with Crippen LogP contribution in [0.25, 0.3) is 22.3 Å². The molecule has 0 unspecified atom stereocenters. The lowest BCUT2D eigenvalue weighted by Crippen LogP contribution is -2.28. The molecular weight excluding hydrogens is 434 g/mol. The van der Waals surface area contributed by atoms with Crippen LogP contribution in [0.15, 0.2) is 82.0 Å². The summed E-state index contributed by atoms with van der Waals surface area (Å²) in [4.78, 5) is 37.9. The van der Waals surface area contributed by atoms with Gasteiger partial charge in [0.15, 0.2) is 17.6 Å². The monoisotopic (exact) mass is 457 g/mol. The number of amides is 1. The summed E-state index contributed by atoms with van der Waals surface area (Å²) in [6.07, 6.45) is 0. The molecule has 0 aliphatic heterocycles. The maximum Gasteiger partial charge on any atom is 0.342 e. The molecule has 1 N–H and O–H groups in total. The minimum Gasteiger partial charge on any atom is -0.497 e. The number of benzene rings is 3. The maximum absolute atomic E-state index is 12.9. The minimum absolute atomic E-state index is 0.0763. The van der Waals surface area contributed by atoms with Crippen LogP contribution in [-0.4, -0.2) is 25.6 Å². The van der Waals surface area contributed by atoms with E-state index in [1.54, 1.807) is 38.3 Å². The standard InChI is InChI=1S/C27H23NO6/c1-17-24(30)21-12-7-13-22(26(21)34-25(17)19-9-4-3-5-10-19)27(31)33-16-23(29)28-15-18-8-6-11-20(14-18)32-2/h3-14H,15-16H2,1-2H3,(H,28,29). The third kappa shape index (κ3) is 4.83. The molecule has 0 atom stereocenters. The van der Waals surface area contributed by atoms with Gasteiger partial charge in [-0.3, -0.25) is 9.59 Å². The number of nitrogens with one attached hydrogen (secondary N) is 1. The molecule has 1 aromatic heterocycles. The van der Waals surface area contributed by atoms with E-state index in [4.69, 9.17) is 13.9 Å². The van der Waals surface area contributed by atoms with Crippen LogP contribution in [-0.2, 0) is 16.1 Å². The average Bonchev–Trinajstić information content (AvgIpc) is 2.88. The van der Waals surface area contributed by atoms with Gasteiger partial charge in [0.25, 0.3) is 5.91 Å². The number of para-hydroxylation sites is 1. The summed E-state index contributed by atoms with van der Waals surface area (Å²) in [5.41, 5.74) is 1.98. The van der Waals surface area contributed by atoms with Crippen LogP contribution in [0.3, 0.4) is 0 Å². The van der Waals surface area contributed by atoms with Gasteiger partial charge in [-0.2, -0.15) is 0 Å². The van der Waals surface area contributed by atoms with E-state index in [2.05, 4.69) is 5.32 Å². The predicted molar refractivity (Wildman–Crippen MR) is 128 cm³/mol. The summed E-state index contributed by atoms with van der Waals surface area (Å²) in [6.45, 7) is 1.47. The number of hydrogen-bond donors (Lipinski definition) is 1. The fourth-order valence-electron chi connectivity index (χ4n) is 3.58. The maximum atomic E-state index is 12.9. The number of fused-ring (bicyclic) bond motifs is 1. The first-order chi connectivity index (χ1) is 16.5. The zero-order valence-electron chi connectivity index (χ0n) is 18.8. The highest BCUT2D eigenvalue weighted by Gasteiger charge is 2.20. The minimum atomic E-state index is -0.756. The lowest BCUT2D eigenvalue weighted by Gasteiger charge is -2.11. The number of methoxy groups -OCH3 is 1. The van der Waals surface area contributed by atoms with Crippen molar-refractivity contribution in [3.63, 3.8) is 0 Å². The van der Waals surface area contributed by atoms with Gasteiger partial charge in [0.05, 0.1) is 12.5 Å².